The van der Waals surface area contributed by atoms with E-state index in [0.717, 1.165) is 25.8 Å². The highest BCUT2D eigenvalue weighted by Crippen LogP contribution is 2.19. The minimum atomic E-state index is -0.533. The van der Waals surface area contributed by atoms with E-state index in [0.29, 0.717) is 13.2 Å². The summed E-state index contributed by atoms with van der Waals surface area (Å²) in [6.45, 7) is 4.34. The Labute approximate surface area is 73.7 Å². The maximum Gasteiger partial charge on any atom is 0.166 e. The molecule has 1 N–H and O–H groups in total. The number of nitriles is 1. The predicted molar refractivity (Wildman–Crippen MR) is 46.7 cm³/mol. The first-order valence-corrected chi connectivity index (χ1v) is 4.59. The molecule has 0 aromatic rings. The Morgan fingerprint density at radius 2 is 2.50 bits per heavy atom. The second-order valence-corrected chi connectivity index (χ2v) is 3.23. The van der Waals surface area contributed by atoms with Crippen LogP contribution in [0.1, 0.15) is 26.2 Å². The van der Waals surface area contributed by atoms with Crippen LogP contribution in [0.3, 0.4) is 0 Å². The lowest BCUT2D eigenvalue weighted by atomic mass is 9.97. The maximum atomic E-state index is 8.95. The van der Waals surface area contributed by atoms with Crippen molar-refractivity contribution in [3.63, 3.8) is 0 Å². The number of rotatable bonds is 3. The SMILES string of the molecule is CCCCC1(C#N)CNCCO1. The number of nitrogens with zero attached hydrogens (tertiary/aromatic N) is 1. The van der Waals surface area contributed by atoms with Gasteiger partial charge in [0.15, 0.2) is 5.60 Å². The van der Waals surface area contributed by atoms with Crippen molar-refractivity contribution in [3.8, 4) is 6.07 Å². The van der Waals surface area contributed by atoms with E-state index in [2.05, 4.69) is 18.3 Å². The fourth-order valence-corrected chi connectivity index (χ4v) is 1.41. The van der Waals surface area contributed by atoms with Crippen molar-refractivity contribution in [2.75, 3.05) is 19.7 Å². The molecule has 1 atom stereocenters. The van der Waals surface area contributed by atoms with E-state index < -0.39 is 5.60 Å². The van der Waals surface area contributed by atoms with Crippen molar-refractivity contribution in [3.05, 3.63) is 0 Å². The van der Waals surface area contributed by atoms with Gasteiger partial charge in [0.25, 0.3) is 0 Å². The Morgan fingerprint density at radius 3 is 3.00 bits per heavy atom. The molecule has 12 heavy (non-hydrogen) atoms. The second-order valence-electron chi connectivity index (χ2n) is 3.23. The van der Waals surface area contributed by atoms with Gasteiger partial charge in [-0.3, -0.25) is 0 Å². The van der Waals surface area contributed by atoms with Crippen LogP contribution in [0.5, 0.6) is 0 Å². The summed E-state index contributed by atoms with van der Waals surface area (Å²) in [6, 6.07) is 2.27. The van der Waals surface area contributed by atoms with Gasteiger partial charge in [-0.1, -0.05) is 13.3 Å². The van der Waals surface area contributed by atoms with Crippen molar-refractivity contribution in [1.82, 2.24) is 5.32 Å². The molecule has 0 saturated carbocycles. The molecule has 0 radical (unpaired) electrons. The third-order valence-electron chi connectivity index (χ3n) is 2.21. The van der Waals surface area contributed by atoms with Gasteiger partial charge in [-0.05, 0) is 12.8 Å². The first-order valence-electron chi connectivity index (χ1n) is 4.59. The number of unbranched alkanes of at least 4 members (excludes halogenated alkanes) is 1. The average molecular weight is 168 g/mol. The summed E-state index contributed by atoms with van der Waals surface area (Å²) < 4.78 is 5.49. The zero-order valence-electron chi connectivity index (χ0n) is 7.60. The molecule has 0 amide bonds. The molecule has 68 valence electrons. The van der Waals surface area contributed by atoms with Gasteiger partial charge >= 0.3 is 0 Å². The summed E-state index contributed by atoms with van der Waals surface area (Å²) in [5, 5.41) is 12.1. The molecule has 0 aliphatic carbocycles. The van der Waals surface area contributed by atoms with Gasteiger partial charge in [0.1, 0.15) is 0 Å². The highest BCUT2D eigenvalue weighted by atomic mass is 16.5. The van der Waals surface area contributed by atoms with E-state index >= 15 is 0 Å². The Morgan fingerprint density at radius 1 is 1.67 bits per heavy atom. The van der Waals surface area contributed by atoms with Crippen molar-refractivity contribution < 1.29 is 4.74 Å². The fourth-order valence-electron chi connectivity index (χ4n) is 1.41. The van der Waals surface area contributed by atoms with Crippen LogP contribution in [0.25, 0.3) is 0 Å². The maximum absolute atomic E-state index is 8.95. The van der Waals surface area contributed by atoms with E-state index in [1.54, 1.807) is 0 Å². The highest BCUT2D eigenvalue weighted by molar-refractivity contribution is 5.04. The molecule has 0 bridgehead atoms. The number of hydrogen-bond acceptors (Lipinski definition) is 3. The molecule has 0 aromatic carbocycles. The molecule has 1 aliphatic rings. The number of ether oxygens (including phenoxy) is 1. The van der Waals surface area contributed by atoms with Crippen LogP contribution in [0, 0.1) is 11.3 Å². The summed E-state index contributed by atoms with van der Waals surface area (Å²) in [7, 11) is 0. The first kappa shape index (κ1) is 9.50. The fraction of sp³-hybridized carbons (Fsp3) is 0.889. The van der Waals surface area contributed by atoms with Crippen LogP contribution in [0.4, 0.5) is 0 Å². The molecule has 3 nitrogen and oxygen atoms in total. The van der Waals surface area contributed by atoms with Gasteiger partial charge in [-0.2, -0.15) is 5.26 Å². The van der Waals surface area contributed by atoms with Gasteiger partial charge in [0, 0.05) is 13.1 Å². The number of nitrogens with one attached hydrogen (secondary N) is 1. The molecule has 1 unspecified atom stereocenters. The second kappa shape index (κ2) is 4.44. The molecule has 1 rings (SSSR count). The van der Waals surface area contributed by atoms with E-state index in [1.807, 2.05) is 0 Å². The van der Waals surface area contributed by atoms with Gasteiger partial charge in [-0.25, -0.2) is 0 Å². The van der Waals surface area contributed by atoms with Gasteiger partial charge < -0.3 is 10.1 Å². The largest absolute Gasteiger partial charge is 0.357 e. The molecule has 3 heteroatoms. The quantitative estimate of drug-likeness (QED) is 0.685. The van der Waals surface area contributed by atoms with E-state index in [9.17, 15) is 0 Å². The Bertz CT molecular complexity index is 168. The average Bonchev–Trinajstić information content (AvgIpc) is 2.16. The lowest BCUT2D eigenvalue weighted by molar-refractivity contribution is -0.0312. The van der Waals surface area contributed by atoms with E-state index in [-0.39, 0.29) is 0 Å². The lowest BCUT2D eigenvalue weighted by Crippen LogP contribution is -2.48. The van der Waals surface area contributed by atoms with Crippen LogP contribution < -0.4 is 5.32 Å². The van der Waals surface area contributed by atoms with Crippen molar-refractivity contribution in [1.29, 1.82) is 5.26 Å². The number of hydrogen-bond donors (Lipinski definition) is 1. The topological polar surface area (TPSA) is 45.0 Å². The standard InChI is InChI=1S/C9H16N2O/c1-2-3-4-9(7-10)8-11-5-6-12-9/h11H,2-6,8H2,1H3. The van der Waals surface area contributed by atoms with E-state index in [4.69, 9.17) is 10.00 Å². The van der Waals surface area contributed by atoms with Gasteiger partial charge in [0.05, 0.1) is 12.7 Å². The van der Waals surface area contributed by atoms with Gasteiger partial charge in [0.2, 0.25) is 0 Å². The predicted octanol–water partition coefficient (Wildman–Crippen LogP) is 1.06. The zero-order valence-corrected chi connectivity index (χ0v) is 7.60. The summed E-state index contributed by atoms with van der Waals surface area (Å²) in [5.41, 5.74) is -0.533. The summed E-state index contributed by atoms with van der Waals surface area (Å²) in [6.07, 6.45) is 3.04. The van der Waals surface area contributed by atoms with Crippen LogP contribution in [-0.4, -0.2) is 25.3 Å². The highest BCUT2D eigenvalue weighted by Gasteiger charge is 2.32. The first-order chi connectivity index (χ1) is 5.83. The molecular weight excluding hydrogens is 152 g/mol. The third kappa shape index (κ3) is 2.20. The van der Waals surface area contributed by atoms with Crippen molar-refractivity contribution in [2.24, 2.45) is 0 Å². The minimum absolute atomic E-state index is 0.533. The third-order valence-corrected chi connectivity index (χ3v) is 2.21. The molecule has 1 fully saturated rings. The molecule has 1 saturated heterocycles. The number of morpholine rings is 1. The van der Waals surface area contributed by atoms with Crippen LogP contribution in [-0.2, 0) is 4.74 Å². The molecule has 0 spiro atoms. The monoisotopic (exact) mass is 168 g/mol. The van der Waals surface area contributed by atoms with E-state index in [1.165, 1.54) is 0 Å². The van der Waals surface area contributed by atoms with Crippen LogP contribution in [0.2, 0.25) is 0 Å². The van der Waals surface area contributed by atoms with Crippen molar-refractivity contribution >= 4 is 0 Å². The molecule has 1 aliphatic heterocycles. The molecule has 1 heterocycles. The van der Waals surface area contributed by atoms with Gasteiger partial charge in [-0.15, -0.1) is 0 Å². The zero-order chi connectivity index (χ0) is 8.86. The minimum Gasteiger partial charge on any atom is -0.357 e. The molecular formula is C9H16N2O. The molecule has 0 aromatic heterocycles. The van der Waals surface area contributed by atoms with Crippen LogP contribution in [0.15, 0.2) is 0 Å². The Hall–Kier alpha value is -0.590. The lowest BCUT2D eigenvalue weighted by Gasteiger charge is -2.31. The smallest absolute Gasteiger partial charge is 0.166 e. The summed E-state index contributed by atoms with van der Waals surface area (Å²) >= 11 is 0. The summed E-state index contributed by atoms with van der Waals surface area (Å²) in [5.74, 6) is 0. The van der Waals surface area contributed by atoms with Crippen molar-refractivity contribution in [2.45, 2.75) is 31.8 Å². The normalized spacial score (nSPS) is 29.7. The summed E-state index contributed by atoms with van der Waals surface area (Å²) in [4.78, 5) is 0. The van der Waals surface area contributed by atoms with Crippen LogP contribution >= 0.6 is 0 Å². The Kier molecular flexibility index (Phi) is 3.51. The Balaban J connectivity index is 2.44.